The van der Waals surface area contributed by atoms with Crippen molar-refractivity contribution in [3.8, 4) is 0 Å². The summed E-state index contributed by atoms with van der Waals surface area (Å²) in [6.07, 6.45) is 7.03. The number of nitrogens with zero attached hydrogens (tertiary/aromatic N) is 1. The van der Waals surface area contributed by atoms with Crippen LogP contribution >= 0.6 is 11.8 Å². The Bertz CT molecular complexity index is 2040. The molecule has 8 N–H and O–H groups in total. The van der Waals surface area contributed by atoms with E-state index in [2.05, 4.69) is 35.5 Å². The summed E-state index contributed by atoms with van der Waals surface area (Å²) in [6, 6.07) is 13.0. The molecule has 2 heterocycles. The molecule has 58 heavy (non-hydrogen) atoms. The number of ether oxygens (including phenoxy) is 1. The lowest BCUT2D eigenvalue weighted by Gasteiger charge is -2.60. The minimum Gasteiger partial charge on any atom is -0.393 e. The summed E-state index contributed by atoms with van der Waals surface area (Å²) in [5, 5.41) is 48.0. The zero-order chi connectivity index (χ0) is 41.7. The fourth-order valence-corrected chi connectivity index (χ4v) is 12.0. The number of para-hydroxylation sites is 1. The van der Waals surface area contributed by atoms with Crippen LogP contribution in [0.4, 0.5) is 11.4 Å². The number of amides is 1. The van der Waals surface area contributed by atoms with Gasteiger partial charge in [-0.1, -0.05) is 76.2 Å². The molecule has 0 aromatic heterocycles. The summed E-state index contributed by atoms with van der Waals surface area (Å²) in [5.74, 6) is 0.256. The Balaban J connectivity index is 0.000000178. The second-order valence-electron chi connectivity index (χ2n) is 18.0. The van der Waals surface area contributed by atoms with Gasteiger partial charge in [-0.05, 0) is 98.6 Å². The maximum atomic E-state index is 12.9. The number of allylic oxidation sites excluding steroid dienone is 4. The molecule has 2 aromatic rings. The number of aliphatic hydroxyl groups is 4. The quantitative estimate of drug-likeness (QED) is 0.119. The Morgan fingerprint density at radius 3 is 2.55 bits per heavy atom. The number of carbonyl (C=O) groups is 3. The summed E-state index contributed by atoms with van der Waals surface area (Å²) in [4.78, 5) is 44.1. The molecule has 4 aliphatic carbocycles. The number of ketones is 2. The lowest BCUT2D eigenvalue weighted by atomic mass is 9.45. The number of nitrogens with one attached hydrogen (secondary N) is 2. The molecule has 1 saturated heterocycles. The maximum Gasteiger partial charge on any atom is 0.245 e. The van der Waals surface area contributed by atoms with Gasteiger partial charge in [0.05, 0.1) is 30.1 Å². The number of carbonyl (C=O) groups excluding carboxylic acids is 3. The van der Waals surface area contributed by atoms with Gasteiger partial charge in [0.2, 0.25) is 5.91 Å². The van der Waals surface area contributed by atoms with Gasteiger partial charge in [0.15, 0.2) is 17.9 Å². The number of amidine groups is 1. The largest absolute Gasteiger partial charge is 0.393 e. The van der Waals surface area contributed by atoms with E-state index in [1.165, 1.54) is 4.90 Å². The number of nitrogens with two attached hydrogens (primary N) is 1. The molecule has 2 aromatic carbocycles. The van der Waals surface area contributed by atoms with Crippen LogP contribution in [0, 0.1) is 40.4 Å². The molecule has 2 aliphatic heterocycles. The van der Waals surface area contributed by atoms with Gasteiger partial charge < -0.3 is 41.5 Å². The van der Waals surface area contributed by atoms with Crippen molar-refractivity contribution in [1.82, 2.24) is 5.32 Å². The summed E-state index contributed by atoms with van der Waals surface area (Å²) < 4.78 is 5.13. The van der Waals surface area contributed by atoms with Crippen LogP contribution in [-0.4, -0.2) is 87.0 Å². The van der Waals surface area contributed by atoms with Crippen LogP contribution in [0.5, 0.6) is 0 Å². The Kier molecular flexibility index (Phi) is 11.9. The first kappa shape index (κ1) is 42.3. The summed E-state index contributed by atoms with van der Waals surface area (Å²) in [5.41, 5.74) is 7.53. The predicted molar refractivity (Wildman–Crippen MR) is 222 cm³/mol. The zero-order valence-corrected chi connectivity index (χ0v) is 34.8. The highest BCUT2D eigenvalue weighted by molar-refractivity contribution is 7.99. The van der Waals surface area contributed by atoms with Crippen molar-refractivity contribution in [3.05, 3.63) is 71.8 Å². The number of Topliss-reactive ketones (excluding diaryl/α,β-unsaturated/α-hetero) is 1. The van der Waals surface area contributed by atoms with Crippen LogP contribution in [0.2, 0.25) is 0 Å². The van der Waals surface area contributed by atoms with Crippen LogP contribution in [0.3, 0.4) is 0 Å². The Hall–Kier alpha value is -3.85. The van der Waals surface area contributed by atoms with Gasteiger partial charge >= 0.3 is 0 Å². The van der Waals surface area contributed by atoms with Crippen LogP contribution in [0.1, 0.15) is 78.7 Å². The molecule has 13 heteroatoms. The van der Waals surface area contributed by atoms with E-state index in [9.17, 15) is 34.8 Å². The zero-order valence-electron chi connectivity index (χ0n) is 34.0. The second kappa shape index (κ2) is 16.3. The topological polar surface area (TPSA) is 204 Å². The molecule has 1 unspecified atom stereocenters. The van der Waals surface area contributed by atoms with Crippen molar-refractivity contribution in [2.24, 2.45) is 51.1 Å². The third kappa shape index (κ3) is 7.58. The number of hydrogen-bond donors (Lipinski definition) is 7. The Morgan fingerprint density at radius 1 is 1.10 bits per heavy atom. The SMILES string of the molecule is CC(C)C[C@H](N=C(N)c1ccc2c(c1)Nc1ccccc1S2)C(=O)N[C@H]1CCOC1O.C[C@H]1C[C@@H]2[C@H]([C@@H](O)C[C@@]3(C)[C@H]2CC[C@]3(O)C(=O)CO)[C@@]2(C)C=CC(=O)C=C12. The number of benzene rings is 2. The van der Waals surface area contributed by atoms with Crippen molar-refractivity contribution >= 4 is 46.4 Å². The van der Waals surface area contributed by atoms with E-state index < -0.39 is 47.9 Å². The van der Waals surface area contributed by atoms with Gasteiger partial charge in [-0.25, -0.2) is 0 Å². The van der Waals surface area contributed by atoms with Crippen molar-refractivity contribution in [2.75, 3.05) is 18.5 Å². The van der Waals surface area contributed by atoms with Crippen LogP contribution in [-0.2, 0) is 19.1 Å². The molecule has 0 radical (unpaired) electrons. The highest BCUT2D eigenvalue weighted by Gasteiger charge is 2.68. The number of aliphatic hydroxyl groups excluding tert-OH is 3. The predicted octanol–water partition coefficient (Wildman–Crippen LogP) is 5.04. The second-order valence-corrected chi connectivity index (χ2v) is 19.1. The first-order valence-corrected chi connectivity index (χ1v) is 21.4. The molecule has 8 rings (SSSR count). The molecule has 0 bridgehead atoms. The molecule has 312 valence electrons. The van der Waals surface area contributed by atoms with E-state index in [1.54, 1.807) is 23.9 Å². The van der Waals surface area contributed by atoms with E-state index in [4.69, 9.17) is 10.5 Å². The monoisotopic (exact) mass is 814 g/mol. The van der Waals surface area contributed by atoms with Gasteiger partial charge in [-0.2, -0.15) is 0 Å². The van der Waals surface area contributed by atoms with E-state index in [0.717, 1.165) is 40.2 Å². The number of hydrogen-bond acceptors (Lipinski definition) is 11. The van der Waals surface area contributed by atoms with Crippen molar-refractivity contribution in [3.63, 3.8) is 0 Å². The van der Waals surface area contributed by atoms with Gasteiger partial charge in [0, 0.05) is 32.1 Å². The molecule has 0 spiro atoms. The number of aliphatic imine (C=N–C) groups is 1. The summed E-state index contributed by atoms with van der Waals surface area (Å²) in [6.45, 7) is 9.99. The molecule has 4 fully saturated rings. The number of anilines is 2. The minimum absolute atomic E-state index is 0.00620. The highest BCUT2D eigenvalue weighted by atomic mass is 32.2. The fraction of sp³-hybridized carbons (Fsp3) is 0.556. The third-order valence-electron chi connectivity index (χ3n) is 13.9. The molecule has 6 aliphatic rings. The lowest BCUT2D eigenvalue weighted by molar-refractivity contribution is -0.180. The first-order chi connectivity index (χ1) is 27.5. The Morgan fingerprint density at radius 2 is 1.84 bits per heavy atom. The average Bonchev–Trinajstić information content (AvgIpc) is 3.71. The van der Waals surface area contributed by atoms with Crippen molar-refractivity contribution in [1.29, 1.82) is 0 Å². The average molecular weight is 815 g/mol. The molecular formula is C45H58N4O8S. The number of rotatable bonds is 8. The van der Waals surface area contributed by atoms with E-state index in [0.29, 0.717) is 38.1 Å². The fourth-order valence-electron chi connectivity index (χ4n) is 11.0. The maximum absolute atomic E-state index is 12.9. The van der Waals surface area contributed by atoms with E-state index >= 15 is 0 Å². The Labute approximate surface area is 344 Å². The van der Waals surface area contributed by atoms with E-state index in [-0.39, 0.29) is 46.7 Å². The van der Waals surface area contributed by atoms with Crippen molar-refractivity contribution < 1.29 is 39.5 Å². The normalized spacial score (nSPS) is 35.2. The minimum atomic E-state index is -1.57. The van der Waals surface area contributed by atoms with Gasteiger partial charge in [0.25, 0.3) is 0 Å². The standard InChI is InChI=1S/C23H28N4O3S.C22H30O5/c1-13(2)11-18(22(28)27-16-9-10-30-23(16)29)26-21(24)14-7-8-20-17(12-14)25-15-5-3-4-6-19(15)31-20;1-12-8-14-15-5-7-22(27,18(26)11-23)21(15,3)10-17(25)19(14)20(2)6-4-13(24)9-16(12)20/h3-8,12-13,16,18,23,25,29H,9-11H2,1-2H3,(H2,24,26)(H,27,28);4,6,9,12,14-15,17,19,23,25,27H,5,7-8,10-11H2,1-3H3/t16-,18-,23?;12-,14-,15-,17-,19+,20-,21-,22-/m00/s1. The number of fused-ring (bicyclic) bond motifs is 7. The van der Waals surface area contributed by atoms with Crippen LogP contribution in [0.15, 0.2) is 81.0 Å². The van der Waals surface area contributed by atoms with Crippen molar-refractivity contribution in [2.45, 2.75) is 113 Å². The van der Waals surface area contributed by atoms with Gasteiger partial charge in [0.1, 0.15) is 24.1 Å². The first-order valence-electron chi connectivity index (χ1n) is 20.6. The van der Waals surface area contributed by atoms with E-state index in [1.807, 2.05) is 63.2 Å². The van der Waals surface area contributed by atoms with Gasteiger partial charge in [-0.3, -0.25) is 19.4 Å². The summed E-state index contributed by atoms with van der Waals surface area (Å²) >= 11 is 1.71. The highest BCUT2D eigenvalue weighted by Crippen LogP contribution is 2.67. The molecule has 3 saturated carbocycles. The summed E-state index contributed by atoms with van der Waals surface area (Å²) in [7, 11) is 0. The van der Waals surface area contributed by atoms with Gasteiger partial charge in [-0.15, -0.1) is 0 Å². The molecule has 1 amide bonds. The molecular weight excluding hydrogens is 757 g/mol. The van der Waals surface area contributed by atoms with Crippen LogP contribution < -0.4 is 16.4 Å². The molecule has 11 atom stereocenters. The van der Waals surface area contributed by atoms with Crippen LogP contribution in [0.25, 0.3) is 0 Å². The third-order valence-corrected chi connectivity index (χ3v) is 15.1. The lowest BCUT2D eigenvalue weighted by Crippen LogP contribution is -2.62. The smallest absolute Gasteiger partial charge is 0.245 e. The molecule has 12 nitrogen and oxygen atoms in total.